The van der Waals surface area contributed by atoms with Gasteiger partial charge >= 0.3 is 0 Å². The van der Waals surface area contributed by atoms with E-state index in [2.05, 4.69) is 22.4 Å². The summed E-state index contributed by atoms with van der Waals surface area (Å²) in [6.07, 6.45) is 2.39. The molecule has 0 spiro atoms. The van der Waals surface area contributed by atoms with Gasteiger partial charge in [-0.05, 0) is 31.2 Å². The number of hydrogen-bond donors (Lipinski definition) is 0. The molecule has 80 valence electrons. The van der Waals surface area contributed by atoms with Gasteiger partial charge in [0.1, 0.15) is 5.37 Å². The fourth-order valence-corrected chi connectivity index (χ4v) is 4.28. The molecule has 3 rings (SSSR count). The first kappa shape index (κ1) is 9.73. The summed E-state index contributed by atoms with van der Waals surface area (Å²) < 4.78 is 0. The van der Waals surface area contributed by atoms with Crippen molar-refractivity contribution in [3.63, 3.8) is 0 Å². The summed E-state index contributed by atoms with van der Waals surface area (Å²) in [5, 5.41) is 2.52. The number of carbonyl (C=O) groups is 1. The van der Waals surface area contributed by atoms with Crippen molar-refractivity contribution in [3.05, 3.63) is 22.4 Å². The van der Waals surface area contributed by atoms with Crippen molar-refractivity contribution in [2.75, 3.05) is 0 Å². The summed E-state index contributed by atoms with van der Waals surface area (Å²) in [5.41, 5.74) is 0. The lowest BCUT2D eigenvalue weighted by Crippen LogP contribution is -2.31. The third kappa shape index (κ3) is 1.60. The number of carbonyl (C=O) groups excluding carboxylic acids is 1. The second-order valence-corrected chi connectivity index (χ2v) is 6.53. The van der Waals surface area contributed by atoms with Gasteiger partial charge in [0.25, 0.3) is 0 Å². The number of amides is 1. The average Bonchev–Trinajstić information content (AvgIpc) is 2.82. The van der Waals surface area contributed by atoms with Gasteiger partial charge in [0.2, 0.25) is 5.91 Å². The van der Waals surface area contributed by atoms with E-state index in [1.807, 2.05) is 6.92 Å². The summed E-state index contributed by atoms with van der Waals surface area (Å²) in [6, 6.07) is 4.74. The SMILES string of the molecule is CC1SC(c2cccs2)N(C2CC2)C1=O. The molecule has 2 fully saturated rings. The number of thiophene rings is 1. The van der Waals surface area contributed by atoms with Gasteiger partial charge in [-0.15, -0.1) is 23.1 Å². The van der Waals surface area contributed by atoms with Crippen LogP contribution < -0.4 is 0 Å². The van der Waals surface area contributed by atoms with Gasteiger partial charge in [0.15, 0.2) is 0 Å². The molecule has 2 atom stereocenters. The number of thioether (sulfide) groups is 1. The van der Waals surface area contributed by atoms with Crippen LogP contribution in [0.15, 0.2) is 17.5 Å². The summed E-state index contributed by atoms with van der Waals surface area (Å²) in [5.74, 6) is 0.334. The molecule has 4 heteroatoms. The van der Waals surface area contributed by atoms with Crippen LogP contribution in [-0.4, -0.2) is 22.1 Å². The average molecular weight is 239 g/mol. The van der Waals surface area contributed by atoms with Crippen molar-refractivity contribution in [1.82, 2.24) is 4.90 Å². The maximum absolute atomic E-state index is 12.0. The van der Waals surface area contributed by atoms with Crippen LogP contribution in [0.25, 0.3) is 0 Å². The van der Waals surface area contributed by atoms with Gasteiger partial charge in [0, 0.05) is 10.9 Å². The fraction of sp³-hybridized carbons (Fsp3) is 0.545. The number of hydrogen-bond acceptors (Lipinski definition) is 3. The predicted octanol–water partition coefficient (Wildman–Crippen LogP) is 2.87. The van der Waals surface area contributed by atoms with E-state index in [1.54, 1.807) is 23.1 Å². The molecule has 2 heterocycles. The van der Waals surface area contributed by atoms with Gasteiger partial charge in [0.05, 0.1) is 5.25 Å². The molecule has 1 aromatic heterocycles. The molecule has 2 nitrogen and oxygen atoms in total. The van der Waals surface area contributed by atoms with Crippen molar-refractivity contribution in [1.29, 1.82) is 0 Å². The monoisotopic (exact) mass is 239 g/mol. The van der Waals surface area contributed by atoms with Gasteiger partial charge < -0.3 is 4.90 Å². The second-order valence-electron chi connectivity index (χ2n) is 4.12. The van der Waals surface area contributed by atoms with Gasteiger partial charge in [-0.1, -0.05) is 6.07 Å². The van der Waals surface area contributed by atoms with Crippen molar-refractivity contribution < 1.29 is 4.79 Å². The number of nitrogens with zero attached hydrogens (tertiary/aromatic N) is 1. The Balaban J connectivity index is 1.91. The first-order chi connectivity index (χ1) is 7.27. The van der Waals surface area contributed by atoms with E-state index in [9.17, 15) is 4.79 Å². The molecule has 1 saturated heterocycles. The molecule has 1 aliphatic heterocycles. The van der Waals surface area contributed by atoms with Crippen LogP contribution >= 0.6 is 23.1 Å². The van der Waals surface area contributed by atoms with Crippen LogP contribution in [0.4, 0.5) is 0 Å². The van der Waals surface area contributed by atoms with Crippen molar-refractivity contribution in [2.24, 2.45) is 0 Å². The lowest BCUT2D eigenvalue weighted by molar-refractivity contribution is -0.130. The highest BCUT2D eigenvalue weighted by Crippen LogP contribution is 2.49. The summed E-state index contributed by atoms with van der Waals surface area (Å²) >= 11 is 3.55. The Bertz CT molecular complexity index is 372. The summed E-state index contributed by atoms with van der Waals surface area (Å²) in [6.45, 7) is 2.02. The molecule has 1 aromatic rings. The maximum atomic E-state index is 12.0. The van der Waals surface area contributed by atoms with Crippen molar-refractivity contribution in [3.8, 4) is 0 Å². The second kappa shape index (κ2) is 3.52. The minimum absolute atomic E-state index is 0.137. The molecule has 1 amide bonds. The van der Waals surface area contributed by atoms with Gasteiger partial charge in [-0.25, -0.2) is 0 Å². The van der Waals surface area contributed by atoms with Crippen LogP contribution in [0.3, 0.4) is 0 Å². The molecule has 1 aliphatic carbocycles. The summed E-state index contributed by atoms with van der Waals surface area (Å²) in [7, 11) is 0. The highest BCUT2D eigenvalue weighted by molar-refractivity contribution is 8.01. The highest BCUT2D eigenvalue weighted by Gasteiger charge is 2.46. The van der Waals surface area contributed by atoms with Crippen LogP contribution in [0.1, 0.15) is 30.0 Å². The zero-order valence-corrected chi connectivity index (χ0v) is 10.2. The Hall–Kier alpha value is -0.480. The van der Waals surface area contributed by atoms with Crippen LogP contribution in [0.5, 0.6) is 0 Å². The molecular formula is C11H13NOS2. The zero-order valence-electron chi connectivity index (χ0n) is 8.55. The fourth-order valence-electron chi connectivity index (χ4n) is 2.00. The largest absolute Gasteiger partial charge is 0.322 e. The quantitative estimate of drug-likeness (QED) is 0.791. The Kier molecular flexibility index (Phi) is 2.29. The normalized spacial score (nSPS) is 31.3. The molecule has 2 aliphatic rings. The van der Waals surface area contributed by atoms with Crippen LogP contribution in [0.2, 0.25) is 0 Å². The first-order valence-corrected chi connectivity index (χ1v) is 7.10. The molecule has 0 bridgehead atoms. The van der Waals surface area contributed by atoms with Crippen molar-refractivity contribution >= 4 is 29.0 Å². The van der Waals surface area contributed by atoms with E-state index in [0.29, 0.717) is 17.3 Å². The molecular weight excluding hydrogens is 226 g/mol. The van der Waals surface area contributed by atoms with Crippen LogP contribution in [-0.2, 0) is 4.79 Å². The lowest BCUT2D eigenvalue weighted by Gasteiger charge is -2.22. The minimum Gasteiger partial charge on any atom is -0.322 e. The van der Waals surface area contributed by atoms with Crippen LogP contribution in [0, 0.1) is 0 Å². The van der Waals surface area contributed by atoms with E-state index < -0.39 is 0 Å². The van der Waals surface area contributed by atoms with E-state index >= 15 is 0 Å². The van der Waals surface area contributed by atoms with Gasteiger partial charge in [-0.2, -0.15) is 0 Å². The standard InChI is InChI=1S/C11H13NOS2/c1-7-10(13)12(8-4-5-8)11(15-7)9-3-2-6-14-9/h2-3,6-8,11H,4-5H2,1H3. The maximum Gasteiger partial charge on any atom is 0.236 e. The Morgan fingerprint density at radius 2 is 2.27 bits per heavy atom. The first-order valence-electron chi connectivity index (χ1n) is 5.28. The van der Waals surface area contributed by atoms with Crippen molar-refractivity contribution in [2.45, 2.75) is 36.4 Å². The number of rotatable bonds is 2. The Labute approximate surface area is 97.7 Å². The van der Waals surface area contributed by atoms with E-state index in [1.165, 1.54) is 17.7 Å². The molecule has 0 N–H and O–H groups in total. The summed E-state index contributed by atoms with van der Waals surface area (Å²) in [4.78, 5) is 15.4. The molecule has 15 heavy (non-hydrogen) atoms. The predicted molar refractivity (Wildman–Crippen MR) is 64.0 cm³/mol. The van der Waals surface area contributed by atoms with Gasteiger partial charge in [-0.3, -0.25) is 4.79 Å². The van der Waals surface area contributed by atoms with E-state index in [-0.39, 0.29) is 5.25 Å². The lowest BCUT2D eigenvalue weighted by atomic mass is 10.3. The molecule has 1 saturated carbocycles. The molecule has 0 radical (unpaired) electrons. The smallest absolute Gasteiger partial charge is 0.236 e. The Morgan fingerprint density at radius 1 is 1.47 bits per heavy atom. The topological polar surface area (TPSA) is 20.3 Å². The van der Waals surface area contributed by atoms with E-state index in [0.717, 1.165) is 0 Å². The Morgan fingerprint density at radius 3 is 2.87 bits per heavy atom. The third-order valence-corrected chi connectivity index (χ3v) is 5.34. The third-order valence-electron chi connectivity index (χ3n) is 2.91. The highest BCUT2D eigenvalue weighted by atomic mass is 32.2. The molecule has 2 unspecified atom stereocenters. The molecule has 0 aromatic carbocycles. The zero-order chi connectivity index (χ0) is 10.4. The van der Waals surface area contributed by atoms with E-state index in [4.69, 9.17) is 0 Å². The minimum atomic E-state index is 0.137.